The molecule has 0 amide bonds. The van der Waals surface area contributed by atoms with Crippen molar-refractivity contribution in [3.8, 4) is 0 Å². The van der Waals surface area contributed by atoms with Crippen molar-refractivity contribution in [2.45, 2.75) is 6.92 Å². The van der Waals surface area contributed by atoms with E-state index in [0.717, 1.165) is 0 Å². The summed E-state index contributed by atoms with van der Waals surface area (Å²) in [6.45, 7) is 2.08. The molecule has 1 aromatic rings. The Morgan fingerprint density at radius 1 is 1.82 bits per heavy atom. The van der Waals surface area contributed by atoms with Gasteiger partial charge in [-0.1, -0.05) is 0 Å². The van der Waals surface area contributed by atoms with Gasteiger partial charge in [-0.3, -0.25) is 5.10 Å². The van der Waals surface area contributed by atoms with Crippen molar-refractivity contribution in [1.29, 1.82) is 0 Å². The number of H-pyrrole nitrogens is 1. The van der Waals surface area contributed by atoms with Crippen molar-refractivity contribution in [2.24, 2.45) is 0 Å². The average molecular weight is 180 g/mol. The van der Waals surface area contributed by atoms with Crippen molar-refractivity contribution in [3.63, 3.8) is 0 Å². The minimum atomic E-state index is -0.472. The number of carbonyl (C=O) groups is 1. The zero-order chi connectivity index (χ0) is 7.40. The van der Waals surface area contributed by atoms with E-state index in [4.69, 9.17) is 0 Å². The second-order valence-corrected chi connectivity index (χ2v) is 1.55. The molecular weight excluding hydrogens is 173 g/mol. The van der Waals surface area contributed by atoms with Crippen LogP contribution in [-0.2, 0) is 4.74 Å². The van der Waals surface area contributed by atoms with Crippen LogP contribution >= 0.6 is 0 Å². The molecule has 1 radical (unpaired) electrons. The van der Waals surface area contributed by atoms with E-state index in [0.29, 0.717) is 6.61 Å². The number of esters is 1. The van der Waals surface area contributed by atoms with Gasteiger partial charge in [0.05, 0.1) is 6.61 Å². The molecule has 1 rings (SSSR count). The van der Waals surface area contributed by atoms with Gasteiger partial charge in [-0.15, -0.1) is 0 Å². The molecule has 6 heteroatoms. The summed E-state index contributed by atoms with van der Waals surface area (Å²) >= 11 is 0. The quantitative estimate of drug-likeness (QED) is 0.496. The maximum absolute atomic E-state index is 10.7. The zero-order valence-corrected chi connectivity index (χ0v) is 9.62. The summed E-state index contributed by atoms with van der Waals surface area (Å²) in [5, 5.41) is 5.87. The third-order valence-electron chi connectivity index (χ3n) is 0.884. The second kappa shape index (κ2) is 5.84. The third-order valence-corrected chi connectivity index (χ3v) is 0.884. The number of nitrogens with one attached hydrogen (secondary N) is 1. The molecule has 0 spiro atoms. The summed E-state index contributed by atoms with van der Waals surface area (Å²) in [7, 11) is 0. The van der Waals surface area contributed by atoms with Gasteiger partial charge in [0.25, 0.3) is 0 Å². The SMILES string of the molecule is CCOC(=O)c1ncn[nH]1.[K]. The molecule has 0 saturated heterocycles. The van der Waals surface area contributed by atoms with E-state index in [9.17, 15) is 4.79 Å². The Kier molecular flexibility index (Phi) is 5.97. The van der Waals surface area contributed by atoms with Crippen molar-refractivity contribution in [1.82, 2.24) is 15.2 Å². The molecular formula is C5H7KN3O2. The molecule has 0 aliphatic rings. The van der Waals surface area contributed by atoms with Gasteiger partial charge in [0.15, 0.2) is 0 Å². The van der Waals surface area contributed by atoms with E-state index in [1.54, 1.807) is 6.92 Å². The summed E-state index contributed by atoms with van der Waals surface area (Å²) in [5.41, 5.74) is 0. The minimum Gasteiger partial charge on any atom is -0.460 e. The summed E-state index contributed by atoms with van der Waals surface area (Å²) < 4.78 is 4.61. The molecule has 0 saturated carbocycles. The Morgan fingerprint density at radius 3 is 3.00 bits per heavy atom. The molecule has 0 aromatic carbocycles. The summed E-state index contributed by atoms with van der Waals surface area (Å²) in [6, 6.07) is 0. The number of ether oxygens (including phenoxy) is 1. The first kappa shape index (κ1) is 11.2. The second-order valence-electron chi connectivity index (χ2n) is 1.55. The van der Waals surface area contributed by atoms with Gasteiger partial charge < -0.3 is 4.74 Å². The molecule has 5 nitrogen and oxygen atoms in total. The molecule has 1 heterocycles. The summed E-state index contributed by atoms with van der Waals surface area (Å²) in [4.78, 5) is 14.3. The first-order valence-electron chi connectivity index (χ1n) is 2.87. The van der Waals surface area contributed by atoms with E-state index in [1.165, 1.54) is 6.33 Å². The topological polar surface area (TPSA) is 67.9 Å². The number of rotatable bonds is 2. The first-order chi connectivity index (χ1) is 4.84. The van der Waals surface area contributed by atoms with E-state index in [2.05, 4.69) is 19.9 Å². The van der Waals surface area contributed by atoms with Crippen LogP contribution < -0.4 is 0 Å². The predicted molar refractivity (Wildman–Crippen MR) is 38.1 cm³/mol. The van der Waals surface area contributed by atoms with Gasteiger partial charge in [-0.2, -0.15) is 5.10 Å². The Morgan fingerprint density at radius 2 is 2.55 bits per heavy atom. The smallest absolute Gasteiger partial charge is 0.375 e. The average Bonchev–Trinajstić information content (AvgIpc) is 2.38. The number of aromatic nitrogens is 3. The molecule has 11 heavy (non-hydrogen) atoms. The van der Waals surface area contributed by atoms with Crippen LogP contribution in [0.5, 0.6) is 0 Å². The van der Waals surface area contributed by atoms with Crippen LogP contribution in [0.2, 0.25) is 0 Å². The Bertz CT molecular complexity index is 212. The van der Waals surface area contributed by atoms with Crippen LogP contribution in [0.1, 0.15) is 17.5 Å². The molecule has 0 atom stereocenters. The normalized spacial score (nSPS) is 8.45. The molecule has 1 N–H and O–H groups in total. The summed E-state index contributed by atoms with van der Waals surface area (Å²) in [6.07, 6.45) is 1.26. The van der Waals surface area contributed by atoms with Crippen molar-refractivity contribution < 1.29 is 9.53 Å². The van der Waals surface area contributed by atoms with Gasteiger partial charge in [-0.05, 0) is 6.92 Å². The van der Waals surface area contributed by atoms with Crippen LogP contribution in [-0.4, -0.2) is 79.1 Å². The van der Waals surface area contributed by atoms with Crippen LogP contribution in [0.15, 0.2) is 6.33 Å². The van der Waals surface area contributed by atoms with E-state index >= 15 is 0 Å². The van der Waals surface area contributed by atoms with Crippen LogP contribution in [0.3, 0.4) is 0 Å². The Balaban J connectivity index is 0.000001000. The van der Waals surface area contributed by atoms with Crippen molar-refractivity contribution in [2.75, 3.05) is 6.61 Å². The molecule has 0 unspecified atom stereocenters. The first-order valence-corrected chi connectivity index (χ1v) is 2.87. The predicted octanol–water partition coefficient (Wildman–Crippen LogP) is -0.399. The van der Waals surface area contributed by atoms with Gasteiger partial charge >= 0.3 is 5.97 Å². The number of hydrogen-bond donors (Lipinski definition) is 1. The monoisotopic (exact) mass is 180 g/mol. The van der Waals surface area contributed by atoms with E-state index < -0.39 is 5.97 Å². The number of hydrogen-bond acceptors (Lipinski definition) is 4. The molecule has 0 aliphatic heterocycles. The molecule has 0 fully saturated rings. The molecule has 0 bridgehead atoms. The largest absolute Gasteiger partial charge is 0.460 e. The zero-order valence-electron chi connectivity index (χ0n) is 6.50. The molecule has 0 aliphatic carbocycles. The van der Waals surface area contributed by atoms with E-state index in [-0.39, 0.29) is 57.2 Å². The number of carbonyl (C=O) groups excluding carboxylic acids is 1. The van der Waals surface area contributed by atoms with Gasteiger partial charge in [-0.25, -0.2) is 9.78 Å². The fourth-order valence-electron chi connectivity index (χ4n) is 0.503. The van der Waals surface area contributed by atoms with Crippen LogP contribution in [0.4, 0.5) is 0 Å². The fraction of sp³-hybridized carbons (Fsp3) is 0.400. The fourth-order valence-corrected chi connectivity index (χ4v) is 0.503. The standard InChI is InChI=1S/C5H7N3O2.K/c1-2-10-5(9)4-6-3-7-8-4;/h3H,2H2,1H3,(H,6,7,8);. The third kappa shape index (κ3) is 3.43. The van der Waals surface area contributed by atoms with Crippen LogP contribution in [0.25, 0.3) is 0 Å². The van der Waals surface area contributed by atoms with Crippen molar-refractivity contribution >= 4 is 57.4 Å². The molecule has 55 valence electrons. The van der Waals surface area contributed by atoms with Crippen molar-refractivity contribution in [3.05, 3.63) is 12.2 Å². The summed E-state index contributed by atoms with van der Waals surface area (Å²) in [5.74, 6) is -0.332. The maximum Gasteiger partial charge on any atom is 0.375 e. The maximum atomic E-state index is 10.7. The van der Waals surface area contributed by atoms with Gasteiger partial charge in [0.1, 0.15) is 6.33 Å². The number of nitrogens with zero attached hydrogens (tertiary/aromatic N) is 2. The van der Waals surface area contributed by atoms with Gasteiger partial charge in [0.2, 0.25) is 5.82 Å². The van der Waals surface area contributed by atoms with E-state index in [1.807, 2.05) is 0 Å². The minimum absolute atomic E-state index is 0. The Labute approximate surface area is 106 Å². The Hall–Kier alpha value is 0.246. The number of aromatic amines is 1. The van der Waals surface area contributed by atoms with Crippen LogP contribution in [0, 0.1) is 0 Å². The van der Waals surface area contributed by atoms with Gasteiger partial charge in [0, 0.05) is 51.4 Å². The molecule has 1 aromatic heterocycles.